The number of carbonyl (C=O) groups is 1. The van der Waals surface area contributed by atoms with Gasteiger partial charge in [0.2, 0.25) is 11.0 Å². The molecule has 1 amide bonds. The molecule has 4 N–H and O–H groups in total. The lowest BCUT2D eigenvalue weighted by atomic mass is 10.3. The number of aliphatic hydroxyl groups excluding tert-OH is 1. The van der Waals surface area contributed by atoms with E-state index in [2.05, 4.69) is 5.32 Å². The van der Waals surface area contributed by atoms with Crippen molar-refractivity contribution < 1.29 is 22.7 Å². The smallest absolute Gasteiger partial charge is 0.275 e. The number of aliphatic hydroxyl groups is 1. The Morgan fingerprint density at radius 3 is 2.68 bits per heavy atom. The summed E-state index contributed by atoms with van der Waals surface area (Å²) in [4.78, 5) is 10.6. The van der Waals surface area contributed by atoms with E-state index < -0.39 is 22.0 Å². The molecular weight excluding hydrogens is 274 g/mol. The Morgan fingerprint density at radius 1 is 1.53 bits per heavy atom. The lowest BCUT2D eigenvalue weighted by Crippen LogP contribution is -2.37. The van der Waals surface area contributed by atoms with Crippen LogP contribution in [0.3, 0.4) is 0 Å². The molecule has 0 aliphatic carbocycles. The molecule has 0 fully saturated rings. The van der Waals surface area contributed by atoms with Crippen LogP contribution in [-0.2, 0) is 21.4 Å². The van der Waals surface area contributed by atoms with Gasteiger partial charge in [-0.1, -0.05) is 0 Å². The highest BCUT2D eigenvalue weighted by molar-refractivity contribution is 7.88. The highest BCUT2D eigenvalue weighted by Crippen LogP contribution is 2.16. The van der Waals surface area contributed by atoms with Crippen LogP contribution in [0.2, 0.25) is 0 Å². The summed E-state index contributed by atoms with van der Waals surface area (Å²) in [5, 5.41) is 11.7. The molecule has 0 aliphatic heterocycles. The van der Waals surface area contributed by atoms with Gasteiger partial charge >= 0.3 is 0 Å². The van der Waals surface area contributed by atoms with Crippen LogP contribution in [0.1, 0.15) is 5.76 Å². The van der Waals surface area contributed by atoms with Crippen LogP contribution in [0.25, 0.3) is 0 Å². The SMILES string of the molecule is CN(C)S(=O)(=O)c1ccc(CNCC(O)C(N)=O)o1. The molecule has 0 saturated heterocycles. The van der Waals surface area contributed by atoms with Crippen molar-refractivity contribution in [1.82, 2.24) is 9.62 Å². The maximum absolute atomic E-state index is 11.7. The highest BCUT2D eigenvalue weighted by Gasteiger charge is 2.21. The van der Waals surface area contributed by atoms with Gasteiger partial charge in [0, 0.05) is 20.6 Å². The molecule has 0 saturated carbocycles. The Labute approximate surface area is 111 Å². The maximum Gasteiger partial charge on any atom is 0.275 e. The summed E-state index contributed by atoms with van der Waals surface area (Å²) in [5.41, 5.74) is 4.87. The van der Waals surface area contributed by atoms with Gasteiger partial charge in [0.1, 0.15) is 11.9 Å². The van der Waals surface area contributed by atoms with Gasteiger partial charge in [0.05, 0.1) is 6.54 Å². The number of amides is 1. The van der Waals surface area contributed by atoms with Gasteiger partial charge < -0.3 is 20.6 Å². The molecule has 1 heterocycles. The van der Waals surface area contributed by atoms with Crippen molar-refractivity contribution in [2.24, 2.45) is 5.73 Å². The molecule has 108 valence electrons. The standard InChI is InChI=1S/C10H17N3O5S/c1-13(2)19(16,17)9-4-3-7(18-9)5-12-6-8(14)10(11)15/h3-4,8,12,14H,5-6H2,1-2H3,(H2,11,15). The van der Waals surface area contributed by atoms with Crippen LogP contribution in [0.15, 0.2) is 21.6 Å². The molecule has 0 aromatic carbocycles. The second-order valence-corrected chi connectivity index (χ2v) is 6.14. The van der Waals surface area contributed by atoms with Crippen LogP contribution in [0.5, 0.6) is 0 Å². The van der Waals surface area contributed by atoms with Gasteiger partial charge in [0.25, 0.3) is 10.0 Å². The number of nitrogens with zero attached hydrogens (tertiary/aromatic N) is 1. The molecule has 0 bridgehead atoms. The van der Waals surface area contributed by atoms with E-state index in [-0.39, 0.29) is 18.2 Å². The summed E-state index contributed by atoms with van der Waals surface area (Å²) in [6, 6.07) is 2.84. The van der Waals surface area contributed by atoms with Gasteiger partial charge in [-0.25, -0.2) is 12.7 Å². The molecule has 1 aromatic heterocycles. The molecular formula is C10H17N3O5S. The van der Waals surface area contributed by atoms with Crippen molar-refractivity contribution in [3.8, 4) is 0 Å². The number of nitrogens with two attached hydrogens (primary N) is 1. The van der Waals surface area contributed by atoms with Crippen molar-refractivity contribution in [2.75, 3.05) is 20.6 Å². The minimum Gasteiger partial charge on any atom is -0.447 e. The second kappa shape index (κ2) is 6.15. The maximum atomic E-state index is 11.7. The minimum atomic E-state index is -3.60. The van der Waals surface area contributed by atoms with Gasteiger partial charge in [-0.3, -0.25) is 4.79 Å². The molecule has 0 aliphatic rings. The third kappa shape index (κ3) is 4.03. The number of hydrogen-bond donors (Lipinski definition) is 3. The average molecular weight is 291 g/mol. The van der Waals surface area contributed by atoms with E-state index in [9.17, 15) is 13.2 Å². The summed E-state index contributed by atoms with van der Waals surface area (Å²) >= 11 is 0. The Morgan fingerprint density at radius 2 is 2.16 bits per heavy atom. The van der Waals surface area contributed by atoms with Crippen LogP contribution in [0.4, 0.5) is 0 Å². The van der Waals surface area contributed by atoms with E-state index in [1.165, 1.54) is 26.2 Å². The van der Waals surface area contributed by atoms with Crippen molar-refractivity contribution in [3.63, 3.8) is 0 Å². The average Bonchev–Trinajstić information content (AvgIpc) is 2.77. The number of furan rings is 1. The Balaban J connectivity index is 2.60. The predicted molar refractivity (Wildman–Crippen MR) is 66.5 cm³/mol. The van der Waals surface area contributed by atoms with E-state index in [0.717, 1.165) is 4.31 Å². The van der Waals surface area contributed by atoms with E-state index in [0.29, 0.717) is 5.76 Å². The molecule has 19 heavy (non-hydrogen) atoms. The van der Waals surface area contributed by atoms with Crippen LogP contribution in [-0.4, -0.2) is 50.5 Å². The molecule has 8 nitrogen and oxygen atoms in total. The summed E-state index contributed by atoms with van der Waals surface area (Å²) in [6.07, 6.45) is -1.29. The molecule has 0 spiro atoms. The monoisotopic (exact) mass is 291 g/mol. The molecule has 1 rings (SSSR count). The van der Waals surface area contributed by atoms with Gasteiger partial charge in [-0.2, -0.15) is 0 Å². The largest absolute Gasteiger partial charge is 0.447 e. The molecule has 1 aromatic rings. The molecule has 1 unspecified atom stereocenters. The summed E-state index contributed by atoms with van der Waals surface area (Å²) in [6.45, 7) is 0.138. The van der Waals surface area contributed by atoms with Gasteiger partial charge in [-0.05, 0) is 12.1 Å². The summed E-state index contributed by atoms with van der Waals surface area (Å²) in [5.74, 6) is -0.458. The lowest BCUT2D eigenvalue weighted by Gasteiger charge is -2.08. The first-order valence-corrected chi connectivity index (χ1v) is 6.88. The molecule has 9 heteroatoms. The fourth-order valence-corrected chi connectivity index (χ4v) is 2.02. The Kier molecular flexibility index (Phi) is 5.06. The second-order valence-electron chi connectivity index (χ2n) is 4.06. The number of hydrogen-bond acceptors (Lipinski definition) is 6. The van der Waals surface area contributed by atoms with Gasteiger partial charge in [0.15, 0.2) is 0 Å². The number of sulfonamides is 1. The zero-order chi connectivity index (χ0) is 14.6. The van der Waals surface area contributed by atoms with E-state index >= 15 is 0 Å². The van der Waals surface area contributed by atoms with E-state index in [4.69, 9.17) is 15.3 Å². The normalized spacial score (nSPS) is 13.7. The number of carbonyl (C=O) groups excluding carboxylic acids is 1. The topological polar surface area (TPSA) is 126 Å². The van der Waals surface area contributed by atoms with Gasteiger partial charge in [-0.15, -0.1) is 0 Å². The zero-order valence-corrected chi connectivity index (χ0v) is 11.5. The quantitative estimate of drug-likeness (QED) is 0.559. The number of rotatable bonds is 7. The number of nitrogens with one attached hydrogen (secondary N) is 1. The van der Waals surface area contributed by atoms with Crippen molar-refractivity contribution in [1.29, 1.82) is 0 Å². The first kappa shape index (κ1) is 15.6. The molecule has 0 radical (unpaired) electrons. The molecule has 1 atom stereocenters. The predicted octanol–water partition coefficient (Wildman–Crippen LogP) is -1.53. The van der Waals surface area contributed by atoms with Crippen molar-refractivity contribution in [3.05, 3.63) is 17.9 Å². The lowest BCUT2D eigenvalue weighted by molar-refractivity contribution is -0.125. The number of primary amides is 1. The third-order valence-electron chi connectivity index (χ3n) is 2.34. The fraction of sp³-hybridized carbons (Fsp3) is 0.500. The Bertz CT molecular complexity index is 537. The van der Waals surface area contributed by atoms with Crippen LogP contribution >= 0.6 is 0 Å². The van der Waals surface area contributed by atoms with E-state index in [1.54, 1.807) is 0 Å². The summed E-state index contributed by atoms with van der Waals surface area (Å²) < 4.78 is 29.7. The zero-order valence-electron chi connectivity index (χ0n) is 10.7. The minimum absolute atomic E-state index is 0.0359. The third-order valence-corrected chi connectivity index (χ3v) is 4.03. The first-order chi connectivity index (χ1) is 8.75. The first-order valence-electron chi connectivity index (χ1n) is 5.44. The van der Waals surface area contributed by atoms with Crippen molar-refractivity contribution in [2.45, 2.75) is 17.7 Å². The van der Waals surface area contributed by atoms with Crippen molar-refractivity contribution >= 4 is 15.9 Å². The highest BCUT2D eigenvalue weighted by atomic mass is 32.2. The Hall–Kier alpha value is -1.42. The van der Waals surface area contributed by atoms with E-state index in [1.807, 2.05) is 0 Å². The van der Waals surface area contributed by atoms with Crippen LogP contribution in [0, 0.1) is 0 Å². The van der Waals surface area contributed by atoms with Crippen LogP contribution < -0.4 is 11.1 Å². The fourth-order valence-electron chi connectivity index (χ4n) is 1.20. The summed E-state index contributed by atoms with van der Waals surface area (Å²) in [7, 11) is -0.792.